The molecule has 0 bridgehead atoms. The summed E-state index contributed by atoms with van der Waals surface area (Å²) in [7, 11) is 4.05. The lowest BCUT2D eigenvalue weighted by Crippen LogP contribution is -2.30. The van der Waals surface area contributed by atoms with E-state index in [4.69, 9.17) is 4.42 Å². The Hall–Kier alpha value is -1.65. The Bertz CT molecular complexity index is 537. The molecule has 1 N–H and O–H groups in total. The van der Waals surface area contributed by atoms with Gasteiger partial charge in [0.15, 0.2) is 0 Å². The van der Waals surface area contributed by atoms with Gasteiger partial charge in [-0.05, 0) is 50.3 Å². The van der Waals surface area contributed by atoms with Gasteiger partial charge in [-0.2, -0.15) is 0 Å². The summed E-state index contributed by atoms with van der Waals surface area (Å²) in [5.41, 5.74) is 1.76. The van der Waals surface area contributed by atoms with Gasteiger partial charge < -0.3 is 9.73 Å². The number of aryl methyl sites for hydroxylation is 1. The highest BCUT2D eigenvalue weighted by molar-refractivity contribution is 5.23. The van der Waals surface area contributed by atoms with Gasteiger partial charge in [-0.15, -0.1) is 0 Å². The summed E-state index contributed by atoms with van der Waals surface area (Å²) >= 11 is 0. The molecule has 1 aromatic heterocycles. The standard InChI is InChI=1S/C16H21FN2O/c1-12-9-13(6-7-14(12)17)10-18-11-15(19(2)3)16-5-4-8-20-16/h4-9,15,18H,10-11H2,1-3H3. The predicted octanol–water partition coefficient (Wildman–Crippen LogP) is 3.12. The first-order chi connectivity index (χ1) is 9.58. The van der Waals surface area contributed by atoms with Crippen LogP contribution >= 0.6 is 0 Å². The van der Waals surface area contributed by atoms with Crippen LogP contribution in [0.15, 0.2) is 41.0 Å². The Morgan fingerprint density at radius 3 is 2.70 bits per heavy atom. The summed E-state index contributed by atoms with van der Waals surface area (Å²) < 4.78 is 18.7. The van der Waals surface area contributed by atoms with Crippen molar-refractivity contribution in [1.82, 2.24) is 10.2 Å². The number of nitrogens with zero attached hydrogens (tertiary/aromatic N) is 1. The van der Waals surface area contributed by atoms with E-state index in [1.165, 1.54) is 6.07 Å². The van der Waals surface area contributed by atoms with Crippen molar-refractivity contribution in [3.05, 3.63) is 59.3 Å². The highest BCUT2D eigenvalue weighted by Gasteiger charge is 2.16. The summed E-state index contributed by atoms with van der Waals surface area (Å²) in [5.74, 6) is 0.785. The van der Waals surface area contributed by atoms with Gasteiger partial charge in [-0.1, -0.05) is 12.1 Å². The van der Waals surface area contributed by atoms with Crippen molar-refractivity contribution < 1.29 is 8.81 Å². The first kappa shape index (κ1) is 14.8. The minimum atomic E-state index is -0.157. The van der Waals surface area contributed by atoms with Crippen molar-refractivity contribution in [2.75, 3.05) is 20.6 Å². The number of nitrogens with one attached hydrogen (secondary N) is 1. The number of hydrogen-bond donors (Lipinski definition) is 1. The van der Waals surface area contributed by atoms with Crippen LogP contribution in [0.3, 0.4) is 0 Å². The molecule has 0 aliphatic rings. The van der Waals surface area contributed by atoms with Gasteiger partial charge in [-0.3, -0.25) is 4.90 Å². The smallest absolute Gasteiger partial charge is 0.126 e. The van der Waals surface area contributed by atoms with Gasteiger partial charge in [0.25, 0.3) is 0 Å². The first-order valence-electron chi connectivity index (χ1n) is 6.73. The Kier molecular flexibility index (Phi) is 4.93. The van der Waals surface area contributed by atoms with E-state index in [0.29, 0.717) is 12.1 Å². The molecule has 0 saturated heterocycles. The van der Waals surface area contributed by atoms with Crippen molar-refractivity contribution in [2.45, 2.75) is 19.5 Å². The quantitative estimate of drug-likeness (QED) is 0.878. The average molecular weight is 276 g/mol. The zero-order chi connectivity index (χ0) is 14.5. The molecule has 1 aromatic carbocycles. The highest BCUT2D eigenvalue weighted by Crippen LogP contribution is 2.17. The highest BCUT2D eigenvalue weighted by atomic mass is 19.1. The van der Waals surface area contributed by atoms with E-state index in [9.17, 15) is 4.39 Å². The molecular weight excluding hydrogens is 255 g/mol. The molecule has 108 valence electrons. The molecule has 0 amide bonds. The van der Waals surface area contributed by atoms with Crippen molar-refractivity contribution in [1.29, 1.82) is 0 Å². The molecule has 0 aliphatic heterocycles. The van der Waals surface area contributed by atoms with E-state index in [0.717, 1.165) is 17.9 Å². The van der Waals surface area contributed by atoms with E-state index in [1.54, 1.807) is 13.2 Å². The monoisotopic (exact) mass is 276 g/mol. The lowest BCUT2D eigenvalue weighted by atomic mass is 10.1. The third kappa shape index (κ3) is 3.68. The van der Waals surface area contributed by atoms with E-state index >= 15 is 0 Å². The zero-order valence-corrected chi connectivity index (χ0v) is 12.2. The van der Waals surface area contributed by atoms with E-state index < -0.39 is 0 Å². The average Bonchev–Trinajstić information content (AvgIpc) is 2.92. The second-order valence-electron chi connectivity index (χ2n) is 5.21. The molecule has 0 fully saturated rings. The third-order valence-corrected chi connectivity index (χ3v) is 3.38. The maximum absolute atomic E-state index is 13.2. The van der Waals surface area contributed by atoms with Gasteiger partial charge in [-0.25, -0.2) is 4.39 Å². The lowest BCUT2D eigenvalue weighted by molar-refractivity contribution is 0.250. The fraction of sp³-hybridized carbons (Fsp3) is 0.375. The van der Waals surface area contributed by atoms with E-state index in [2.05, 4.69) is 10.2 Å². The Morgan fingerprint density at radius 1 is 1.30 bits per heavy atom. The SMILES string of the molecule is Cc1cc(CNCC(c2ccco2)N(C)C)ccc1F. The van der Waals surface area contributed by atoms with Crippen molar-refractivity contribution in [2.24, 2.45) is 0 Å². The summed E-state index contributed by atoms with van der Waals surface area (Å²) in [6.45, 7) is 3.27. The van der Waals surface area contributed by atoms with Crippen molar-refractivity contribution in [3.63, 3.8) is 0 Å². The van der Waals surface area contributed by atoms with Crippen molar-refractivity contribution >= 4 is 0 Å². The predicted molar refractivity (Wildman–Crippen MR) is 78.0 cm³/mol. The van der Waals surface area contributed by atoms with Crippen LogP contribution in [-0.2, 0) is 6.54 Å². The maximum Gasteiger partial charge on any atom is 0.126 e. The number of halogens is 1. The summed E-state index contributed by atoms with van der Waals surface area (Å²) in [6, 6.07) is 9.27. The molecule has 2 aromatic rings. The number of furan rings is 1. The Balaban J connectivity index is 1.92. The third-order valence-electron chi connectivity index (χ3n) is 3.38. The number of hydrogen-bond acceptors (Lipinski definition) is 3. The number of rotatable bonds is 6. The minimum Gasteiger partial charge on any atom is -0.468 e. The fourth-order valence-electron chi connectivity index (χ4n) is 2.19. The van der Waals surface area contributed by atoms with Crippen LogP contribution in [0.2, 0.25) is 0 Å². The van der Waals surface area contributed by atoms with Crippen LogP contribution in [-0.4, -0.2) is 25.5 Å². The molecule has 4 heteroatoms. The van der Waals surface area contributed by atoms with Crippen LogP contribution in [0.25, 0.3) is 0 Å². The molecule has 3 nitrogen and oxygen atoms in total. The lowest BCUT2D eigenvalue weighted by Gasteiger charge is -2.22. The summed E-state index contributed by atoms with van der Waals surface area (Å²) in [5, 5.41) is 3.39. The maximum atomic E-state index is 13.2. The topological polar surface area (TPSA) is 28.4 Å². The Morgan fingerprint density at radius 2 is 2.10 bits per heavy atom. The van der Waals surface area contributed by atoms with Gasteiger partial charge in [0.05, 0.1) is 12.3 Å². The van der Waals surface area contributed by atoms with E-state index in [-0.39, 0.29) is 11.9 Å². The van der Waals surface area contributed by atoms with Gasteiger partial charge in [0.2, 0.25) is 0 Å². The fourth-order valence-corrected chi connectivity index (χ4v) is 2.19. The minimum absolute atomic E-state index is 0.157. The molecule has 0 radical (unpaired) electrons. The normalized spacial score (nSPS) is 12.8. The van der Waals surface area contributed by atoms with Crippen LogP contribution < -0.4 is 5.32 Å². The van der Waals surface area contributed by atoms with Crippen LogP contribution in [0, 0.1) is 12.7 Å². The second kappa shape index (κ2) is 6.68. The molecule has 1 heterocycles. The molecular formula is C16H21FN2O. The molecule has 20 heavy (non-hydrogen) atoms. The summed E-state index contributed by atoms with van der Waals surface area (Å²) in [4.78, 5) is 2.11. The Labute approximate surface area is 119 Å². The zero-order valence-electron chi connectivity index (χ0n) is 12.2. The molecule has 0 aliphatic carbocycles. The van der Waals surface area contributed by atoms with E-state index in [1.807, 2.05) is 38.4 Å². The van der Waals surface area contributed by atoms with Gasteiger partial charge in [0.1, 0.15) is 11.6 Å². The molecule has 1 unspecified atom stereocenters. The van der Waals surface area contributed by atoms with Crippen LogP contribution in [0.5, 0.6) is 0 Å². The molecule has 0 saturated carbocycles. The second-order valence-corrected chi connectivity index (χ2v) is 5.21. The van der Waals surface area contributed by atoms with Gasteiger partial charge in [0, 0.05) is 13.1 Å². The van der Waals surface area contributed by atoms with Gasteiger partial charge >= 0.3 is 0 Å². The molecule has 2 rings (SSSR count). The summed E-state index contributed by atoms with van der Waals surface area (Å²) in [6.07, 6.45) is 1.69. The van der Waals surface area contributed by atoms with Crippen LogP contribution in [0.4, 0.5) is 4.39 Å². The first-order valence-corrected chi connectivity index (χ1v) is 6.73. The van der Waals surface area contributed by atoms with Crippen molar-refractivity contribution in [3.8, 4) is 0 Å². The molecule has 1 atom stereocenters. The van der Waals surface area contributed by atoms with Crippen LogP contribution in [0.1, 0.15) is 22.9 Å². The number of likely N-dealkylation sites (N-methyl/N-ethyl adjacent to an activating group) is 1. The largest absolute Gasteiger partial charge is 0.468 e. The molecule has 0 spiro atoms. The number of benzene rings is 1.